The molecule has 1 N–H and O–H groups in total. The van der Waals surface area contributed by atoms with E-state index in [4.69, 9.17) is 11.6 Å². The van der Waals surface area contributed by atoms with Gasteiger partial charge in [0.15, 0.2) is 0 Å². The number of nitrogens with zero attached hydrogens (tertiary/aromatic N) is 2. The Morgan fingerprint density at radius 3 is 2.95 bits per heavy atom. The number of carbonyl (C=O) groups is 1. The van der Waals surface area contributed by atoms with Gasteiger partial charge in [0.05, 0.1) is 0 Å². The molecule has 1 saturated heterocycles. The summed E-state index contributed by atoms with van der Waals surface area (Å²) in [6.07, 6.45) is 0. The van der Waals surface area contributed by atoms with E-state index < -0.39 is 0 Å². The van der Waals surface area contributed by atoms with E-state index in [1.807, 2.05) is 0 Å². The SMILES string of the molecule is CN(C)C(=O)C1CNCCN1Cc1ccc(F)cc1Cl. The normalized spacial score (nSPS) is 19.9. The van der Waals surface area contributed by atoms with Crippen LogP contribution in [0.1, 0.15) is 5.56 Å². The summed E-state index contributed by atoms with van der Waals surface area (Å²) in [5.74, 6) is -0.282. The number of hydrogen-bond donors (Lipinski definition) is 1. The summed E-state index contributed by atoms with van der Waals surface area (Å²) in [4.78, 5) is 15.9. The van der Waals surface area contributed by atoms with Crippen molar-refractivity contribution in [2.45, 2.75) is 12.6 Å². The van der Waals surface area contributed by atoms with E-state index in [1.165, 1.54) is 12.1 Å². The van der Waals surface area contributed by atoms with E-state index >= 15 is 0 Å². The standard InChI is InChI=1S/C14H19ClFN3O/c1-18(2)14(20)13-8-17-5-6-19(13)9-10-3-4-11(16)7-12(10)15/h3-4,7,13,17H,5-6,8-9H2,1-2H3. The number of piperazine rings is 1. The van der Waals surface area contributed by atoms with Gasteiger partial charge in [-0.1, -0.05) is 17.7 Å². The van der Waals surface area contributed by atoms with E-state index in [-0.39, 0.29) is 17.8 Å². The van der Waals surface area contributed by atoms with Gasteiger partial charge in [-0.15, -0.1) is 0 Å². The summed E-state index contributed by atoms with van der Waals surface area (Å²) < 4.78 is 13.1. The van der Waals surface area contributed by atoms with Gasteiger partial charge in [0, 0.05) is 45.3 Å². The summed E-state index contributed by atoms with van der Waals surface area (Å²) >= 11 is 6.06. The zero-order valence-electron chi connectivity index (χ0n) is 11.7. The highest BCUT2D eigenvalue weighted by Gasteiger charge is 2.29. The van der Waals surface area contributed by atoms with Crippen LogP contribution in [0.2, 0.25) is 5.02 Å². The van der Waals surface area contributed by atoms with Crippen molar-refractivity contribution >= 4 is 17.5 Å². The molecule has 1 aliphatic heterocycles. The van der Waals surface area contributed by atoms with Crippen LogP contribution < -0.4 is 5.32 Å². The quantitative estimate of drug-likeness (QED) is 0.915. The van der Waals surface area contributed by atoms with Crippen LogP contribution in [0.25, 0.3) is 0 Å². The van der Waals surface area contributed by atoms with Crippen molar-refractivity contribution in [3.8, 4) is 0 Å². The van der Waals surface area contributed by atoms with Gasteiger partial charge in [-0.25, -0.2) is 4.39 Å². The fraction of sp³-hybridized carbons (Fsp3) is 0.500. The highest BCUT2D eigenvalue weighted by molar-refractivity contribution is 6.31. The minimum Gasteiger partial charge on any atom is -0.347 e. The van der Waals surface area contributed by atoms with E-state index in [1.54, 1.807) is 25.1 Å². The largest absolute Gasteiger partial charge is 0.347 e. The highest BCUT2D eigenvalue weighted by Crippen LogP contribution is 2.20. The number of amides is 1. The first kappa shape index (κ1) is 15.2. The van der Waals surface area contributed by atoms with Crippen LogP contribution in [0, 0.1) is 5.82 Å². The van der Waals surface area contributed by atoms with Crippen LogP contribution in [0.4, 0.5) is 4.39 Å². The molecule has 1 heterocycles. The third kappa shape index (κ3) is 3.48. The van der Waals surface area contributed by atoms with E-state index in [2.05, 4.69) is 10.2 Å². The first-order valence-corrected chi connectivity index (χ1v) is 6.96. The first-order valence-electron chi connectivity index (χ1n) is 6.59. The Balaban J connectivity index is 2.14. The Bertz CT molecular complexity index is 495. The molecule has 0 radical (unpaired) electrons. The second-order valence-electron chi connectivity index (χ2n) is 5.16. The lowest BCUT2D eigenvalue weighted by molar-refractivity contribution is -0.135. The average Bonchev–Trinajstić information content (AvgIpc) is 2.41. The number of hydrogen-bond acceptors (Lipinski definition) is 3. The smallest absolute Gasteiger partial charge is 0.240 e. The molecule has 1 aliphatic rings. The maximum atomic E-state index is 13.1. The Hall–Kier alpha value is -1.17. The predicted octanol–water partition coefficient (Wildman–Crippen LogP) is 1.34. The van der Waals surface area contributed by atoms with Gasteiger partial charge in [-0.05, 0) is 17.7 Å². The summed E-state index contributed by atoms with van der Waals surface area (Å²) in [6, 6.07) is 4.17. The number of halogens is 2. The van der Waals surface area contributed by atoms with Crippen molar-refractivity contribution in [1.29, 1.82) is 0 Å². The lowest BCUT2D eigenvalue weighted by Gasteiger charge is -2.36. The molecule has 6 heteroatoms. The fourth-order valence-electron chi connectivity index (χ4n) is 2.35. The fourth-order valence-corrected chi connectivity index (χ4v) is 2.57. The second-order valence-corrected chi connectivity index (χ2v) is 5.57. The maximum Gasteiger partial charge on any atom is 0.240 e. The number of carbonyl (C=O) groups excluding carboxylic acids is 1. The number of nitrogens with one attached hydrogen (secondary N) is 1. The van der Waals surface area contributed by atoms with Crippen LogP contribution in [0.3, 0.4) is 0 Å². The van der Waals surface area contributed by atoms with Crippen molar-refractivity contribution in [1.82, 2.24) is 15.1 Å². The van der Waals surface area contributed by atoms with E-state index in [0.29, 0.717) is 18.1 Å². The molecule has 1 atom stereocenters. The molecule has 0 spiro atoms. The molecule has 4 nitrogen and oxygen atoms in total. The minimum absolute atomic E-state index is 0.0652. The monoisotopic (exact) mass is 299 g/mol. The molecule has 0 saturated carbocycles. The summed E-state index contributed by atoms with van der Waals surface area (Å²) in [6.45, 7) is 2.76. The Morgan fingerprint density at radius 2 is 2.30 bits per heavy atom. The molecule has 1 aromatic rings. The molecule has 1 aromatic carbocycles. The second kappa shape index (κ2) is 6.52. The summed E-state index contributed by atoms with van der Waals surface area (Å²) in [5.41, 5.74) is 0.839. The Morgan fingerprint density at radius 1 is 1.55 bits per heavy atom. The third-order valence-electron chi connectivity index (χ3n) is 3.47. The first-order chi connectivity index (χ1) is 9.49. The van der Waals surface area contributed by atoms with Gasteiger partial charge in [0.25, 0.3) is 0 Å². The summed E-state index contributed by atoms with van der Waals surface area (Å²) in [7, 11) is 3.50. The van der Waals surface area contributed by atoms with Crippen molar-refractivity contribution in [3.05, 3.63) is 34.6 Å². The van der Waals surface area contributed by atoms with Crippen molar-refractivity contribution < 1.29 is 9.18 Å². The topological polar surface area (TPSA) is 35.6 Å². The number of benzene rings is 1. The van der Waals surface area contributed by atoms with Crippen LogP contribution in [0.15, 0.2) is 18.2 Å². The zero-order chi connectivity index (χ0) is 14.7. The molecule has 1 fully saturated rings. The Labute approximate surface area is 123 Å². The van der Waals surface area contributed by atoms with Crippen molar-refractivity contribution in [3.63, 3.8) is 0 Å². The highest BCUT2D eigenvalue weighted by atomic mass is 35.5. The molecule has 2 rings (SSSR count). The van der Waals surface area contributed by atoms with E-state index in [0.717, 1.165) is 18.7 Å². The lowest BCUT2D eigenvalue weighted by atomic mass is 10.1. The molecular weight excluding hydrogens is 281 g/mol. The van der Waals surface area contributed by atoms with Crippen LogP contribution in [-0.2, 0) is 11.3 Å². The molecule has 110 valence electrons. The predicted molar refractivity (Wildman–Crippen MR) is 77.2 cm³/mol. The molecular formula is C14H19ClFN3O. The van der Waals surface area contributed by atoms with Crippen LogP contribution >= 0.6 is 11.6 Å². The van der Waals surface area contributed by atoms with Crippen molar-refractivity contribution in [2.24, 2.45) is 0 Å². The van der Waals surface area contributed by atoms with Crippen LogP contribution in [0.5, 0.6) is 0 Å². The third-order valence-corrected chi connectivity index (χ3v) is 3.82. The molecule has 0 aromatic heterocycles. The van der Waals surface area contributed by atoms with Gasteiger partial charge < -0.3 is 10.2 Å². The number of rotatable bonds is 3. The Kier molecular flexibility index (Phi) is 4.96. The van der Waals surface area contributed by atoms with Gasteiger partial charge in [-0.2, -0.15) is 0 Å². The van der Waals surface area contributed by atoms with Crippen LogP contribution in [-0.4, -0.2) is 55.5 Å². The lowest BCUT2D eigenvalue weighted by Crippen LogP contribution is -2.57. The minimum atomic E-state index is -0.347. The molecule has 0 aliphatic carbocycles. The van der Waals surface area contributed by atoms with Crippen molar-refractivity contribution in [2.75, 3.05) is 33.7 Å². The molecule has 0 bridgehead atoms. The van der Waals surface area contributed by atoms with Gasteiger partial charge in [0.2, 0.25) is 5.91 Å². The van der Waals surface area contributed by atoms with Gasteiger partial charge >= 0.3 is 0 Å². The molecule has 20 heavy (non-hydrogen) atoms. The molecule has 1 unspecified atom stereocenters. The van der Waals surface area contributed by atoms with Gasteiger partial charge in [0.1, 0.15) is 11.9 Å². The molecule has 1 amide bonds. The number of likely N-dealkylation sites (N-methyl/N-ethyl adjacent to an activating group) is 1. The maximum absolute atomic E-state index is 13.1. The summed E-state index contributed by atoms with van der Waals surface area (Å²) in [5, 5.41) is 3.63. The van der Waals surface area contributed by atoms with E-state index in [9.17, 15) is 9.18 Å². The average molecular weight is 300 g/mol. The van der Waals surface area contributed by atoms with Gasteiger partial charge in [-0.3, -0.25) is 9.69 Å². The zero-order valence-corrected chi connectivity index (χ0v) is 12.5.